The fraction of sp³-hybridized carbons (Fsp3) is 0.400. The van der Waals surface area contributed by atoms with Gasteiger partial charge in [0.05, 0.1) is 12.0 Å². The van der Waals surface area contributed by atoms with Crippen LogP contribution in [0, 0.1) is 17.0 Å². The van der Waals surface area contributed by atoms with Gasteiger partial charge in [-0.25, -0.2) is 4.98 Å². The van der Waals surface area contributed by atoms with Gasteiger partial charge in [0.15, 0.2) is 5.69 Å². The van der Waals surface area contributed by atoms with Crippen LogP contribution >= 0.6 is 0 Å². The third-order valence-electron chi connectivity index (χ3n) is 2.06. The zero-order chi connectivity index (χ0) is 13.0. The molecule has 0 atom stereocenters. The van der Waals surface area contributed by atoms with Gasteiger partial charge in [0.2, 0.25) is 5.75 Å². The van der Waals surface area contributed by atoms with Crippen LogP contribution in [-0.2, 0) is 16.1 Å². The second-order valence-electron chi connectivity index (χ2n) is 3.31. The van der Waals surface area contributed by atoms with Crippen molar-refractivity contribution in [2.45, 2.75) is 20.5 Å². The third kappa shape index (κ3) is 2.90. The minimum absolute atomic E-state index is 0.0626. The van der Waals surface area contributed by atoms with E-state index in [1.165, 1.54) is 20.2 Å². The lowest BCUT2D eigenvalue weighted by atomic mass is 10.2. The van der Waals surface area contributed by atoms with Crippen molar-refractivity contribution in [2.75, 3.05) is 7.11 Å². The number of methoxy groups -OCH3 is 1. The summed E-state index contributed by atoms with van der Waals surface area (Å²) in [6, 6.07) is 0. The molecule has 0 bridgehead atoms. The molecule has 17 heavy (non-hydrogen) atoms. The lowest BCUT2D eigenvalue weighted by Gasteiger charge is -2.08. The maximum absolute atomic E-state index is 10.9. The van der Waals surface area contributed by atoms with Gasteiger partial charge in [0, 0.05) is 18.7 Å². The second-order valence-corrected chi connectivity index (χ2v) is 3.31. The van der Waals surface area contributed by atoms with Crippen molar-refractivity contribution >= 4 is 11.7 Å². The fourth-order valence-corrected chi connectivity index (χ4v) is 1.33. The number of nitro groups is 1. The van der Waals surface area contributed by atoms with Crippen LogP contribution in [0.5, 0.6) is 5.75 Å². The molecule has 0 fully saturated rings. The lowest BCUT2D eigenvalue weighted by Crippen LogP contribution is -2.07. The van der Waals surface area contributed by atoms with Gasteiger partial charge in [-0.2, -0.15) is 0 Å². The average molecular weight is 240 g/mol. The van der Waals surface area contributed by atoms with Gasteiger partial charge in [-0.15, -0.1) is 0 Å². The molecule has 7 heteroatoms. The number of carbonyl (C=O) groups is 1. The Morgan fingerprint density at radius 1 is 1.59 bits per heavy atom. The first kappa shape index (κ1) is 12.9. The van der Waals surface area contributed by atoms with E-state index in [1.54, 1.807) is 6.92 Å². The Kier molecular flexibility index (Phi) is 3.97. The smallest absolute Gasteiger partial charge is 0.335 e. The zero-order valence-corrected chi connectivity index (χ0v) is 9.72. The van der Waals surface area contributed by atoms with Crippen molar-refractivity contribution in [2.24, 2.45) is 0 Å². The first-order chi connectivity index (χ1) is 7.97. The maximum Gasteiger partial charge on any atom is 0.335 e. The summed E-state index contributed by atoms with van der Waals surface area (Å²) >= 11 is 0. The van der Waals surface area contributed by atoms with Crippen LogP contribution in [-0.4, -0.2) is 23.0 Å². The molecule has 0 aromatic carbocycles. The first-order valence-corrected chi connectivity index (χ1v) is 4.77. The molecule has 1 rings (SSSR count). The summed E-state index contributed by atoms with van der Waals surface area (Å²) in [4.78, 5) is 24.9. The summed E-state index contributed by atoms with van der Waals surface area (Å²) in [5, 5.41) is 10.9. The van der Waals surface area contributed by atoms with E-state index in [9.17, 15) is 14.9 Å². The highest BCUT2D eigenvalue weighted by Gasteiger charge is 2.24. The predicted octanol–water partition coefficient (Wildman–Crippen LogP) is 1.37. The minimum atomic E-state index is -0.600. The van der Waals surface area contributed by atoms with E-state index in [0.29, 0.717) is 5.56 Å². The van der Waals surface area contributed by atoms with E-state index >= 15 is 0 Å². The second kappa shape index (κ2) is 5.24. The van der Waals surface area contributed by atoms with Gasteiger partial charge in [-0.3, -0.25) is 14.9 Å². The lowest BCUT2D eigenvalue weighted by molar-refractivity contribution is -0.387. The van der Waals surface area contributed by atoms with E-state index in [1.807, 2.05) is 0 Å². The highest BCUT2D eigenvalue weighted by Crippen LogP contribution is 2.32. The summed E-state index contributed by atoms with van der Waals surface area (Å²) in [6.45, 7) is 2.62. The Hall–Kier alpha value is -2.18. The molecule has 0 spiro atoms. The van der Waals surface area contributed by atoms with Gasteiger partial charge >= 0.3 is 11.7 Å². The molecule has 0 amide bonds. The molecule has 0 unspecified atom stereocenters. The van der Waals surface area contributed by atoms with Crippen molar-refractivity contribution in [1.29, 1.82) is 0 Å². The highest BCUT2D eigenvalue weighted by atomic mass is 16.6. The SMILES string of the molecule is COc1c(C)cnc(COC(C)=O)c1[N+](=O)[O-]. The molecule has 0 aliphatic heterocycles. The van der Waals surface area contributed by atoms with Gasteiger partial charge in [-0.1, -0.05) is 0 Å². The zero-order valence-electron chi connectivity index (χ0n) is 9.72. The van der Waals surface area contributed by atoms with E-state index in [0.717, 1.165) is 0 Å². The Morgan fingerprint density at radius 2 is 2.24 bits per heavy atom. The Morgan fingerprint density at radius 3 is 2.71 bits per heavy atom. The van der Waals surface area contributed by atoms with Crippen LogP contribution in [0.3, 0.4) is 0 Å². The Labute approximate surface area is 97.5 Å². The number of carbonyl (C=O) groups excluding carboxylic acids is 1. The van der Waals surface area contributed by atoms with Gasteiger partial charge in [0.1, 0.15) is 6.61 Å². The normalized spacial score (nSPS) is 9.82. The number of aromatic nitrogens is 1. The molecule has 0 aliphatic carbocycles. The van der Waals surface area contributed by atoms with Crippen molar-refractivity contribution in [1.82, 2.24) is 4.98 Å². The number of hydrogen-bond donors (Lipinski definition) is 0. The molecular weight excluding hydrogens is 228 g/mol. The molecule has 0 aliphatic rings. The molecule has 0 saturated heterocycles. The standard InChI is InChI=1S/C10H12N2O5/c1-6-4-11-8(5-17-7(2)13)9(12(14)15)10(6)16-3/h4H,5H2,1-3H3. The monoisotopic (exact) mass is 240 g/mol. The number of pyridine rings is 1. The van der Waals surface area contributed by atoms with Gasteiger partial charge < -0.3 is 9.47 Å². The number of nitrogens with zero attached hydrogens (tertiary/aromatic N) is 2. The Bertz CT molecular complexity index is 458. The maximum atomic E-state index is 10.9. The largest absolute Gasteiger partial charge is 0.490 e. The first-order valence-electron chi connectivity index (χ1n) is 4.77. The molecule has 0 N–H and O–H groups in total. The Balaban J connectivity index is 3.20. The number of ether oxygens (including phenoxy) is 2. The topological polar surface area (TPSA) is 91.6 Å². The number of rotatable bonds is 4. The van der Waals surface area contributed by atoms with Crippen LogP contribution < -0.4 is 4.74 Å². The highest BCUT2D eigenvalue weighted by molar-refractivity contribution is 5.66. The quantitative estimate of drug-likeness (QED) is 0.448. The van der Waals surface area contributed by atoms with Crippen molar-refractivity contribution in [3.05, 3.63) is 27.6 Å². The minimum Gasteiger partial charge on any atom is -0.490 e. The summed E-state index contributed by atoms with van der Waals surface area (Å²) in [7, 11) is 1.34. The van der Waals surface area contributed by atoms with Crippen LogP contribution in [0.1, 0.15) is 18.2 Å². The van der Waals surface area contributed by atoms with E-state index in [2.05, 4.69) is 4.98 Å². The fourth-order valence-electron chi connectivity index (χ4n) is 1.33. The van der Waals surface area contributed by atoms with Crippen molar-refractivity contribution in [3.63, 3.8) is 0 Å². The average Bonchev–Trinajstić information content (AvgIpc) is 2.26. The van der Waals surface area contributed by atoms with Crippen LogP contribution in [0.25, 0.3) is 0 Å². The van der Waals surface area contributed by atoms with E-state index in [4.69, 9.17) is 9.47 Å². The van der Waals surface area contributed by atoms with Crippen LogP contribution in [0.15, 0.2) is 6.20 Å². The number of hydrogen-bond acceptors (Lipinski definition) is 6. The van der Waals surface area contributed by atoms with Crippen LogP contribution in [0.2, 0.25) is 0 Å². The summed E-state index contributed by atoms with van der Waals surface area (Å²) in [5.74, 6) is -0.396. The molecule has 92 valence electrons. The summed E-state index contributed by atoms with van der Waals surface area (Å²) in [5.41, 5.74) is 0.340. The molecule has 7 nitrogen and oxygen atoms in total. The molecule has 1 heterocycles. The third-order valence-corrected chi connectivity index (χ3v) is 2.06. The molecular formula is C10H12N2O5. The molecule has 0 radical (unpaired) electrons. The predicted molar refractivity (Wildman–Crippen MR) is 57.7 cm³/mol. The number of aryl methyl sites for hydroxylation is 1. The summed E-state index contributed by atoms with van der Waals surface area (Å²) < 4.78 is 9.66. The number of esters is 1. The van der Waals surface area contributed by atoms with Gasteiger partial charge in [0.25, 0.3) is 0 Å². The van der Waals surface area contributed by atoms with Crippen molar-refractivity contribution in [3.8, 4) is 5.75 Å². The molecule has 1 aromatic heterocycles. The summed E-state index contributed by atoms with van der Waals surface area (Å²) in [6.07, 6.45) is 1.44. The van der Waals surface area contributed by atoms with Gasteiger partial charge in [-0.05, 0) is 6.92 Å². The van der Waals surface area contributed by atoms with Crippen molar-refractivity contribution < 1.29 is 19.2 Å². The van der Waals surface area contributed by atoms with E-state index in [-0.39, 0.29) is 23.7 Å². The van der Waals surface area contributed by atoms with Crippen LogP contribution in [0.4, 0.5) is 5.69 Å². The molecule has 0 saturated carbocycles. The molecule has 1 aromatic rings. The van der Waals surface area contributed by atoms with E-state index < -0.39 is 10.9 Å².